The molecule has 3 N–H and O–H groups in total. The van der Waals surface area contributed by atoms with Crippen LogP contribution in [0.15, 0.2) is 30.3 Å². The number of hydrogen-bond donors (Lipinski definition) is 3. The van der Waals surface area contributed by atoms with Gasteiger partial charge in [0.25, 0.3) is 0 Å². The predicted octanol–water partition coefficient (Wildman–Crippen LogP) is 4.65. The Kier molecular flexibility index (Phi) is 11.9. The van der Waals surface area contributed by atoms with Gasteiger partial charge in [-0.05, 0) is 33.2 Å². The van der Waals surface area contributed by atoms with Crippen LogP contribution in [0, 0.1) is 6.92 Å². The van der Waals surface area contributed by atoms with Crippen molar-refractivity contribution in [2.75, 3.05) is 20.2 Å². The van der Waals surface area contributed by atoms with Crippen molar-refractivity contribution in [1.82, 2.24) is 14.9 Å². The van der Waals surface area contributed by atoms with E-state index in [0.29, 0.717) is 6.10 Å². The second kappa shape index (κ2) is 13.8. The van der Waals surface area contributed by atoms with Crippen molar-refractivity contribution < 1.29 is 50.9 Å². The van der Waals surface area contributed by atoms with E-state index >= 15 is 0 Å². The molecular weight excluding hydrogens is 500 g/mol. The predicted molar refractivity (Wildman–Crippen MR) is 116 cm³/mol. The van der Waals surface area contributed by atoms with Gasteiger partial charge in [0.15, 0.2) is 0 Å². The van der Waals surface area contributed by atoms with Crippen molar-refractivity contribution in [1.29, 1.82) is 0 Å². The van der Waals surface area contributed by atoms with E-state index in [9.17, 15) is 26.3 Å². The van der Waals surface area contributed by atoms with Crippen LogP contribution in [-0.4, -0.2) is 75.7 Å². The van der Waals surface area contributed by atoms with Crippen LogP contribution < -0.4 is 0 Å². The number of aliphatic carboxylic acids is 2. The molecule has 2 heterocycles. The van der Waals surface area contributed by atoms with Gasteiger partial charge in [0.05, 0.1) is 11.8 Å². The third-order valence-electron chi connectivity index (χ3n) is 4.73. The Morgan fingerprint density at radius 1 is 1.06 bits per heavy atom. The van der Waals surface area contributed by atoms with E-state index in [1.807, 2.05) is 18.2 Å². The lowest BCUT2D eigenvalue weighted by atomic mass is 10.1. The van der Waals surface area contributed by atoms with Crippen LogP contribution in [0.2, 0.25) is 0 Å². The Morgan fingerprint density at radius 3 is 2.03 bits per heavy atom. The summed E-state index contributed by atoms with van der Waals surface area (Å²) < 4.78 is 69.3. The Balaban J connectivity index is 0.000000383. The standard InChI is InChI=1S/C18H25N3O.2C2HF3O2/c1-14-17(13-21(2)12-16-10-6-7-11-22-16)20-18(19-14)15-8-4-3-5-9-15;2*3-2(4,5)1(6)7/h3-5,8-9,16H,6-7,10-13H2,1-2H3,(H,19,20);2*(H,6,7). The molecule has 1 atom stereocenters. The molecule has 1 aromatic carbocycles. The fraction of sp³-hybridized carbons (Fsp3) is 0.500. The fourth-order valence-electron chi connectivity index (χ4n) is 3.00. The first-order valence-electron chi connectivity index (χ1n) is 10.6. The topological polar surface area (TPSA) is 116 Å². The number of alkyl halides is 6. The molecule has 0 saturated carbocycles. The van der Waals surface area contributed by atoms with E-state index in [2.05, 4.69) is 36.0 Å². The largest absolute Gasteiger partial charge is 0.490 e. The molecular formula is C22H27F6N3O5. The lowest BCUT2D eigenvalue weighted by Gasteiger charge is -2.27. The summed E-state index contributed by atoms with van der Waals surface area (Å²) in [4.78, 5) is 28.3. The van der Waals surface area contributed by atoms with Gasteiger partial charge in [-0.25, -0.2) is 14.6 Å². The number of nitrogens with one attached hydrogen (secondary N) is 1. The van der Waals surface area contributed by atoms with Gasteiger partial charge in [-0.15, -0.1) is 0 Å². The van der Waals surface area contributed by atoms with Gasteiger partial charge in [0.2, 0.25) is 0 Å². The molecule has 2 aromatic rings. The van der Waals surface area contributed by atoms with Crippen LogP contribution in [0.1, 0.15) is 30.7 Å². The molecule has 202 valence electrons. The quantitative estimate of drug-likeness (QED) is 0.485. The first-order valence-corrected chi connectivity index (χ1v) is 10.6. The van der Waals surface area contributed by atoms with Crippen molar-refractivity contribution in [3.8, 4) is 11.4 Å². The number of hydrogen-bond acceptors (Lipinski definition) is 5. The Bertz CT molecular complexity index is 933. The number of carboxylic acids is 2. The summed E-state index contributed by atoms with van der Waals surface area (Å²) in [7, 11) is 2.15. The first kappa shape index (κ1) is 30.9. The molecule has 0 amide bonds. The number of H-pyrrole nitrogens is 1. The van der Waals surface area contributed by atoms with Crippen LogP contribution >= 0.6 is 0 Å². The molecule has 0 bridgehead atoms. The van der Waals surface area contributed by atoms with E-state index in [0.717, 1.165) is 42.5 Å². The Hall–Kier alpha value is -3.13. The number of aryl methyl sites for hydroxylation is 1. The molecule has 1 saturated heterocycles. The minimum Gasteiger partial charge on any atom is -0.475 e. The number of rotatable bonds is 5. The van der Waals surface area contributed by atoms with Gasteiger partial charge in [0, 0.05) is 31.0 Å². The highest BCUT2D eigenvalue weighted by molar-refractivity contribution is 5.73. The summed E-state index contributed by atoms with van der Waals surface area (Å²) in [5.74, 6) is -4.56. The monoisotopic (exact) mass is 527 g/mol. The molecule has 0 aliphatic carbocycles. The maximum atomic E-state index is 10.6. The number of carbonyl (C=O) groups is 2. The van der Waals surface area contributed by atoms with Crippen molar-refractivity contribution in [3.05, 3.63) is 41.7 Å². The highest BCUT2D eigenvalue weighted by atomic mass is 19.4. The van der Waals surface area contributed by atoms with Crippen LogP contribution in [0.25, 0.3) is 11.4 Å². The first-order chi connectivity index (χ1) is 16.6. The molecule has 14 heteroatoms. The third kappa shape index (κ3) is 11.5. The van der Waals surface area contributed by atoms with Crippen LogP contribution in [0.4, 0.5) is 26.3 Å². The van der Waals surface area contributed by atoms with Gasteiger partial charge in [0.1, 0.15) is 5.82 Å². The molecule has 1 unspecified atom stereocenters. The highest BCUT2D eigenvalue weighted by Crippen LogP contribution is 2.19. The number of aromatic amines is 1. The number of ether oxygens (including phenoxy) is 1. The van der Waals surface area contributed by atoms with Crippen molar-refractivity contribution in [2.24, 2.45) is 0 Å². The normalized spacial score (nSPS) is 15.9. The Labute approximate surface area is 202 Å². The van der Waals surface area contributed by atoms with Gasteiger partial charge < -0.3 is 19.9 Å². The maximum Gasteiger partial charge on any atom is 0.490 e. The number of likely N-dealkylation sites (N-methyl/N-ethyl adjacent to an activating group) is 1. The summed E-state index contributed by atoms with van der Waals surface area (Å²) in [6.45, 7) is 4.85. The summed E-state index contributed by atoms with van der Waals surface area (Å²) in [6, 6.07) is 10.3. The minimum atomic E-state index is -5.08. The molecule has 1 aliphatic rings. The fourth-order valence-corrected chi connectivity index (χ4v) is 3.00. The van der Waals surface area contributed by atoms with E-state index in [-0.39, 0.29) is 0 Å². The molecule has 1 aliphatic heterocycles. The zero-order valence-corrected chi connectivity index (χ0v) is 19.5. The van der Waals surface area contributed by atoms with Crippen LogP contribution in [0.3, 0.4) is 0 Å². The van der Waals surface area contributed by atoms with E-state index in [4.69, 9.17) is 29.5 Å². The summed E-state index contributed by atoms with van der Waals surface area (Å²) >= 11 is 0. The second-order valence-electron chi connectivity index (χ2n) is 7.81. The average Bonchev–Trinajstić information content (AvgIpc) is 3.14. The molecule has 3 rings (SSSR count). The number of nitrogens with zero attached hydrogens (tertiary/aromatic N) is 2. The minimum absolute atomic E-state index is 0.381. The molecule has 0 spiro atoms. The van der Waals surface area contributed by atoms with Crippen molar-refractivity contribution in [3.63, 3.8) is 0 Å². The molecule has 1 fully saturated rings. The number of imidazole rings is 1. The highest BCUT2D eigenvalue weighted by Gasteiger charge is 2.38. The molecule has 36 heavy (non-hydrogen) atoms. The molecule has 1 aromatic heterocycles. The second-order valence-corrected chi connectivity index (χ2v) is 7.81. The van der Waals surface area contributed by atoms with Gasteiger partial charge >= 0.3 is 24.3 Å². The number of carboxylic acid groups (broad SMARTS) is 2. The smallest absolute Gasteiger partial charge is 0.475 e. The third-order valence-corrected chi connectivity index (χ3v) is 4.73. The van der Waals surface area contributed by atoms with Gasteiger partial charge in [-0.1, -0.05) is 30.3 Å². The number of halogens is 6. The van der Waals surface area contributed by atoms with Gasteiger partial charge in [-0.2, -0.15) is 26.3 Å². The van der Waals surface area contributed by atoms with Crippen LogP contribution in [0.5, 0.6) is 0 Å². The Morgan fingerprint density at radius 2 is 1.58 bits per heavy atom. The zero-order chi connectivity index (χ0) is 27.5. The lowest BCUT2D eigenvalue weighted by molar-refractivity contribution is -0.193. The number of aromatic nitrogens is 2. The van der Waals surface area contributed by atoms with E-state index in [1.54, 1.807) is 0 Å². The lowest BCUT2D eigenvalue weighted by Crippen LogP contribution is -2.33. The SMILES string of the molecule is Cc1[nH]c(-c2ccccc2)nc1CN(C)CC1CCCCO1.O=C(O)C(F)(F)F.O=C(O)C(F)(F)F. The van der Waals surface area contributed by atoms with Crippen molar-refractivity contribution in [2.45, 2.75) is 51.2 Å². The zero-order valence-electron chi connectivity index (χ0n) is 19.5. The molecule has 0 radical (unpaired) electrons. The summed E-state index contributed by atoms with van der Waals surface area (Å²) in [5.41, 5.74) is 3.41. The molecule has 8 nitrogen and oxygen atoms in total. The average molecular weight is 527 g/mol. The maximum absolute atomic E-state index is 10.6. The van der Waals surface area contributed by atoms with Crippen LogP contribution in [-0.2, 0) is 20.9 Å². The summed E-state index contributed by atoms with van der Waals surface area (Å²) in [5, 5.41) is 14.2. The van der Waals surface area contributed by atoms with Gasteiger partial charge in [-0.3, -0.25) is 4.90 Å². The number of benzene rings is 1. The van der Waals surface area contributed by atoms with Crippen molar-refractivity contribution >= 4 is 11.9 Å². The van der Waals surface area contributed by atoms with E-state index in [1.165, 1.54) is 19.3 Å². The summed E-state index contributed by atoms with van der Waals surface area (Å²) in [6.07, 6.45) is -6.11. The van der Waals surface area contributed by atoms with E-state index < -0.39 is 24.3 Å².